The molecular formula is C15H11ClN2O4S. The number of non-ortho nitro benzene ring substituents is 1. The summed E-state index contributed by atoms with van der Waals surface area (Å²) in [4.78, 5) is 9.84. The largest absolute Gasteiger partial charge is 0.270 e. The van der Waals surface area contributed by atoms with Crippen molar-refractivity contribution in [3.8, 4) is 11.8 Å². The Hall–Kier alpha value is -2.40. The third-order valence-corrected chi connectivity index (χ3v) is 4.51. The van der Waals surface area contributed by atoms with Crippen molar-refractivity contribution in [2.45, 2.75) is 4.90 Å². The van der Waals surface area contributed by atoms with Gasteiger partial charge in [0.1, 0.15) is 0 Å². The highest BCUT2D eigenvalue weighted by Crippen LogP contribution is 2.17. The molecule has 0 amide bonds. The van der Waals surface area contributed by atoms with Gasteiger partial charge in [-0.25, -0.2) is 8.42 Å². The number of nitro groups is 1. The van der Waals surface area contributed by atoms with E-state index in [0.717, 1.165) is 6.07 Å². The predicted octanol–water partition coefficient (Wildman–Crippen LogP) is 2.58. The Kier molecular flexibility index (Phi) is 5.34. The molecule has 0 aromatic heterocycles. The van der Waals surface area contributed by atoms with Gasteiger partial charge in [-0.2, -0.15) is 4.72 Å². The number of hydrogen-bond donors (Lipinski definition) is 1. The van der Waals surface area contributed by atoms with Gasteiger partial charge in [-0.15, -0.1) is 0 Å². The number of nitrogens with zero attached hydrogens (tertiary/aromatic N) is 1. The molecule has 8 heteroatoms. The Morgan fingerprint density at radius 1 is 1.17 bits per heavy atom. The van der Waals surface area contributed by atoms with E-state index >= 15 is 0 Å². The zero-order valence-electron chi connectivity index (χ0n) is 11.7. The topological polar surface area (TPSA) is 89.3 Å². The number of nitro benzene ring substituents is 1. The summed E-state index contributed by atoms with van der Waals surface area (Å²) in [6.45, 7) is -0.143. The molecule has 0 aliphatic heterocycles. The number of sulfonamides is 1. The van der Waals surface area contributed by atoms with E-state index in [2.05, 4.69) is 16.6 Å². The summed E-state index contributed by atoms with van der Waals surface area (Å²) in [6, 6.07) is 11.7. The Bertz CT molecular complexity index is 901. The molecule has 0 saturated carbocycles. The minimum atomic E-state index is -3.87. The van der Waals surface area contributed by atoms with Crippen LogP contribution in [0, 0.1) is 22.0 Å². The molecule has 0 fully saturated rings. The van der Waals surface area contributed by atoms with E-state index in [1.54, 1.807) is 24.3 Å². The van der Waals surface area contributed by atoms with Gasteiger partial charge in [0.25, 0.3) is 5.69 Å². The van der Waals surface area contributed by atoms with Crippen LogP contribution in [0.2, 0.25) is 5.02 Å². The summed E-state index contributed by atoms with van der Waals surface area (Å²) in [5.74, 6) is 5.40. The zero-order valence-corrected chi connectivity index (χ0v) is 13.3. The Balaban J connectivity index is 2.10. The molecule has 0 aliphatic rings. The van der Waals surface area contributed by atoms with E-state index in [-0.39, 0.29) is 17.1 Å². The second-order valence-electron chi connectivity index (χ2n) is 4.36. The molecule has 0 spiro atoms. The van der Waals surface area contributed by atoms with Crippen molar-refractivity contribution in [3.63, 3.8) is 0 Å². The van der Waals surface area contributed by atoms with Crippen LogP contribution in [0.3, 0.4) is 0 Å². The Morgan fingerprint density at radius 3 is 2.61 bits per heavy atom. The van der Waals surface area contributed by atoms with Gasteiger partial charge in [-0.05, 0) is 18.2 Å². The fourth-order valence-corrected chi connectivity index (χ4v) is 2.83. The molecule has 0 unspecified atom stereocenters. The van der Waals surface area contributed by atoms with Crippen LogP contribution in [0.1, 0.15) is 5.56 Å². The average Bonchev–Trinajstić information content (AvgIpc) is 2.53. The SMILES string of the molecule is O=[N+]([O-])c1cccc(S(=O)(=O)NCC#Cc2ccccc2Cl)c1. The van der Waals surface area contributed by atoms with Gasteiger partial charge < -0.3 is 0 Å². The lowest BCUT2D eigenvalue weighted by Gasteiger charge is -2.03. The standard InChI is InChI=1S/C15H11ClN2O4S/c16-15-9-2-1-5-12(15)6-4-10-17-23(21,22)14-8-3-7-13(11-14)18(19)20/h1-3,5,7-9,11,17H,10H2. The number of hydrogen-bond acceptors (Lipinski definition) is 4. The number of benzene rings is 2. The van der Waals surface area contributed by atoms with Crippen LogP contribution >= 0.6 is 11.6 Å². The molecular weight excluding hydrogens is 340 g/mol. The molecule has 2 rings (SSSR count). The lowest BCUT2D eigenvalue weighted by Crippen LogP contribution is -2.24. The summed E-state index contributed by atoms with van der Waals surface area (Å²) in [5, 5.41) is 11.2. The summed E-state index contributed by atoms with van der Waals surface area (Å²) in [7, 11) is -3.87. The third kappa shape index (κ3) is 4.53. The van der Waals surface area contributed by atoms with Crippen molar-refractivity contribution in [1.82, 2.24) is 4.72 Å². The van der Waals surface area contributed by atoms with Crippen molar-refractivity contribution in [1.29, 1.82) is 0 Å². The molecule has 0 bridgehead atoms. The van der Waals surface area contributed by atoms with E-state index in [1.807, 2.05) is 0 Å². The lowest BCUT2D eigenvalue weighted by atomic mass is 10.2. The van der Waals surface area contributed by atoms with Gasteiger partial charge in [-0.1, -0.05) is 41.6 Å². The van der Waals surface area contributed by atoms with Gasteiger partial charge in [0.2, 0.25) is 10.0 Å². The maximum absolute atomic E-state index is 12.1. The normalized spacial score (nSPS) is 10.7. The van der Waals surface area contributed by atoms with E-state index in [0.29, 0.717) is 10.6 Å². The number of rotatable bonds is 4. The first-order valence-electron chi connectivity index (χ1n) is 6.38. The fraction of sp³-hybridized carbons (Fsp3) is 0.0667. The highest BCUT2D eigenvalue weighted by Gasteiger charge is 2.16. The number of halogens is 1. The summed E-state index contributed by atoms with van der Waals surface area (Å²) < 4.78 is 26.4. The molecule has 2 aromatic rings. The Morgan fingerprint density at radius 2 is 1.91 bits per heavy atom. The van der Waals surface area contributed by atoms with Crippen LogP contribution < -0.4 is 4.72 Å². The van der Waals surface area contributed by atoms with Crippen LogP contribution in [-0.2, 0) is 10.0 Å². The average molecular weight is 351 g/mol. The molecule has 23 heavy (non-hydrogen) atoms. The molecule has 0 radical (unpaired) electrons. The van der Waals surface area contributed by atoms with Crippen molar-refractivity contribution in [3.05, 3.63) is 69.2 Å². The predicted molar refractivity (Wildman–Crippen MR) is 86.6 cm³/mol. The first kappa shape index (κ1) is 17.0. The molecule has 118 valence electrons. The van der Waals surface area contributed by atoms with E-state index in [4.69, 9.17) is 11.6 Å². The summed E-state index contributed by atoms with van der Waals surface area (Å²) >= 11 is 5.93. The smallest absolute Gasteiger partial charge is 0.258 e. The van der Waals surface area contributed by atoms with Crippen molar-refractivity contribution in [2.75, 3.05) is 6.54 Å². The maximum Gasteiger partial charge on any atom is 0.270 e. The van der Waals surface area contributed by atoms with E-state index in [9.17, 15) is 18.5 Å². The summed E-state index contributed by atoms with van der Waals surface area (Å²) in [6.07, 6.45) is 0. The fourth-order valence-electron chi connectivity index (χ4n) is 1.68. The quantitative estimate of drug-likeness (QED) is 0.521. The van der Waals surface area contributed by atoms with Crippen LogP contribution in [0.4, 0.5) is 5.69 Å². The first-order valence-corrected chi connectivity index (χ1v) is 8.24. The zero-order chi connectivity index (χ0) is 16.9. The molecule has 0 heterocycles. The highest BCUT2D eigenvalue weighted by molar-refractivity contribution is 7.89. The van der Waals surface area contributed by atoms with E-state index < -0.39 is 14.9 Å². The summed E-state index contributed by atoms with van der Waals surface area (Å²) in [5.41, 5.74) is 0.291. The van der Waals surface area contributed by atoms with Crippen LogP contribution in [-0.4, -0.2) is 19.9 Å². The second kappa shape index (κ2) is 7.24. The van der Waals surface area contributed by atoms with Gasteiger partial charge in [0, 0.05) is 17.7 Å². The Labute approximate surface area is 138 Å². The molecule has 1 N–H and O–H groups in total. The monoisotopic (exact) mass is 350 g/mol. The third-order valence-electron chi connectivity index (χ3n) is 2.79. The van der Waals surface area contributed by atoms with Gasteiger partial charge in [0.05, 0.1) is 21.4 Å². The van der Waals surface area contributed by atoms with Gasteiger partial charge in [-0.3, -0.25) is 10.1 Å². The van der Waals surface area contributed by atoms with Gasteiger partial charge >= 0.3 is 0 Å². The molecule has 0 aliphatic carbocycles. The maximum atomic E-state index is 12.1. The van der Waals surface area contributed by atoms with Crippen LogP contribution in [0.25, 0.3) is 0 Å². The van der Waals surface area contributed by atoms with Crippen molar-refractivity contribution < 1.29 is 13.3 Å². The van der Waals surface area contributed by atoms with Crippen LogP contribution in [0.15, 0.2) is 53.4 Å². The van der Waals surface area contributed by atoms with Crippen molar-refractivity contribution >= 4 is 27.3 Å². The number of nitrogens with one attached hydrogen (secondary N) is 1. The van der Waals surface area contributed by atoms with Gasteiger partial charge in [0.15, 0.2) is 0 Å². The first-order chi connectivity index (χ1) is 10.9. The molecule has 0 atom stereocenters. The second-order valence-corrected chi connectivity index (χ2v) is 6.53. The van der Waals surface area contributed by atoms with E-state index in [1.165, 1.54) is 18.2 Å². The minimum absolute atomic E-state index is 0.143. The lowest BCUT2D eigenvalue weighted by molar-refractivity contribution is -0.385. The van der Waals surface area contributed by atoms with Crippen LogP contribution in [0.5, 0.6) is 0 Å². The van der Waals surface area contributed by atoms with Crippen molar-refractivity contribution in [2.24, 2.45) is 0 Å². The molecule has 6 nitrogen and oxygen atoms in total. The highest BCUT2D eigenvalue weighted by atomic mass is 35.5. The molecule has 0 saturated heterocycles. The molecule has 2 aromatic carbocycles. The minimum Gasteiger partial charge on any atom is -0.258 e.